The van der Waals surface area contributed by atoms with Crippen molar-refractivity contribution < 1.29 is 24.2 Å². The number of halogens is 2. The maximum absolute atomic E-state index is 11.8. The van der Waals surface area contributed by atoms with Gasteiger partial charge in [-0.3, -0.25) is 9.59 Å². The fraction of sp³-hybridized carbons (Fsp3) is 0.611. The first-order valence-electron chi connectivity index (χ1n) is 15.4. The highest BCUT2D eigenvalue weighted by molar-refractivity contribution is 9.10. The van der Waals surface area contributed by atoms with Crippen LogP contribution in [0.2, 0.25) is 0 Å². The van der Waals surface area contributed by atoms with Crippen LogP contribution in [-0.4, -0.2) is 44.3 Å². The van der Waals surface area contributed by atoms with Gasteiger partial charge in [-0.1, -0.05) is 60.6 Å². The molecule has 2 aromatic rings. The number of ether oxygens (including phenoxy) is 2. The second kappa shape index (κ2) is 18.9. The van der Waals surface area contributed by atoms with Gasteiger partial charge in [-0.15, -0.1) is 0 Å². The SMILES string of the molecule is CC(C)(C)C(=O)O.COc1cc(C(C)(C)CCCN)ccc1Br.COc1cc(C(C)(C)CCCNC(=O)C(C)(C)C)ccc1Br. The lowest BCUT2D eigenvalue weighted by molar-refractivity contribution is -0.145. The molecule has 9 heteroatoms. The van der Waals surface area contributed by atoms with E-state index in [2.05, 4.69) is 89.1 Å². The lowest BCUT2D eigenvalue weighted by Gasteiger charge is -2.26. The molecular weight excluding hydrogens is 700 g/mol. The highest BCUT2D eigenvalue weighted by Crippen LogP contribution is 2.35. The number of methoxy groups -OCH3 is 2. The van der Waals surface area contributed by atoms with E-state index in [1.165, 1.54) is 11.1 Å². The van der Waals surface area contributed by atoms with E-state index in [1.807, 2.05) is 32.9 Å². The van der Waals surface area contributed by atoms with Crippen molar-refractivity contribution in [1.29, 1.82) is 0 Å². The van der Waals surface area contributed by atoms with Crippen LogP contribution in [0.15, 0.2) is 45.3 Å². The Morgan fingerprint density at radius 2 is 1.11 bits per heavy atom. The average Bonchev–Trinajstić information content (AvgIpc) is 2.94. The highest BCUT2D eigenvalue weighted by Gasteiger charge is 2.24. The minimum Gasteiger partial charge on any atom is -0.496 e. The molecule has 1 amide bonds. The number of nitrogens with one attached hydrogen (secondary N) is 1. The molecule has 7 nitrogen and oxygen atoms in total. The molecule has 0 atom stereocenters. The molecular formula is C36H58Br2N2O5. The molecule has 0 aliphatic carbocycles. The Balaban J connectivity index is 0.000000733. The second-order valence-electron chi connectivity index (χ2n) is 14.5. The number of benzene rings is 2. The molecule has 0 unspecified atom stereocenters. The van der Waals surface area contributed by atoms with Crippen LogP contribution in [0.5, 0.6) is 11.5 Å². The van der Waals surface area contributed by atoms with Gasteiger partial charge in [0.25, 0.3) is 0 Å². The third-order valence-corrected chi connectivity index (χ3v) is 8.77. The minimum atomic E-state index is -0.757. The van der Waals surface area contributed by atoms with Gasteiger partial charge < -0.3 is 25.6 Å². The summed E-state index contributed by atoms with van der Waals surface area (Å²) < 4.78 is 12.6. The van der Waals surface area contributed by atoms with E-state index >= 15 is 0 Å². The van der Waals surface area contributed by atoms with Crippen LogP contribution in [0.1, 0.15) is 106 Å². The fourth-order valence-corrected chi connectivity index (χ4v) is 4.81. The number of carboxylic acids is 1. The third kappa shape index (κ3) is 15.8. The van der Waals surface area contributed by atoms with Crippen molar-refractivity contribution in [3.05, 3.63) is 56.5 Å². The van der Waals surface area contributed by atoms with Gasteiger partial charge in [0, 0.05) is 12.0 Å². The zero-order valence-electron chi connectivity index (χ0n) is 29.6. The Kier molecular flexibility index (Phi) is 18.0. The predicted molar refractivity (Wildman–Crippen MR) is 195 cm³/mol. The molecule has 2 aromatic carbocycles. The molecule has 0 aliphatic heterocycles. The lowest BCUT2D eigenvalue weighted by atomic mass is 9.80. The Hall–Kier alpha value is -2.10. The molecule has 0 bridgehead atoms. The number of rotatable bonds is 11. The van der Waals surface area contributed by atoms with Crippen LogP contribution in [0.25, 0.3) is 0 Å². The monoisotopic (exact) mass is 756 g/mol. The molecule has 256 valence electrons. The summed E-state index contributed by atoms with van der Waals surface area (Å²) in [7, 11) is 3.37. The van der Waals surface area contributed by atoms with Crippen molar-refractivity contribution in [2.24, 2.45) is 16.6 Å². The Morgan fingerprint density at radius 1 is 0.733 bits per heavy atom. The van der Waals surface area contributed by atoms with Gasteiger partial charge in [0.1, 0.15) is 11.5 Å². The molecule has 0 heterocycles. The van der Waals surface area contributed by atoms with Crippen molar-refractivity contribution >= 4 is 43.7 Å². The standard InChI is InChI=1S/C18H28BrNO2.C13H20BrNO.C5H10O2/c1-17(2,3)16(21)20-11-7-10-18(4,5)13-8-9-14(19)15(12-13)22-6;1-13(2,7-4-8-15)10-5-6-11(14)12(9-10)16-3;1-5(2,3)4(6)7/h8-9,12H,7,10-11H2,1-6H3,(H,20,21);5-6,9H,4,7-8,15H2,1-3H3;1-3H3,(H,6,7). The van der Waals surface area contributed by atoms with Crippen LogP contribution in [0.4, 0.5) is 0 Å². The molecule has 2 rings (SSSR count). The molecule has 0 spiro atoms. The van der Waals surface area contributed by atoms with Crippen LogP contribution in [0, 0.1) is 10.8 Å². The van der Waals surface area contributed by atoms with Gasteiger partial charge in [0.05, 0.1) is 28.6 Å². The number of carboxylic acid groups (broad SMARTS) is 1. The lowest BCUT2D eigenvalue weighted by Crippen LogP contribution is -2.35. The number of aliphatic carboxylic acids is 1. The summed E-state index contributed by atoms with van der Waals surface area (Å²) in [5.41, 5.74) is 7.38. The summed E-state index contributed by atoms with van der Waals surface area (Å²) in [6.45, 7) is 21.2. The van der Waals surface area contributed by atoms with Crippen molar-refractivity contribution in [2.75, 3.05) is 27.3 Å². The van der Waals surface area contributed by atoms with E-state index in [-0.39, 0.29) is 22.2 Å². The first-order chi connectivity index (χ1) is 20.5. The number of carbonyl (C=O) groups is 2. The molecule has 0 aliphatic rings. The summed E-state index contributed by atoms with van der Waals surface area (Å²) >= 11 is 6.95. The molecule has 0 saturated carbocycles. The van der Waals surface area contributed by atoms with Crippen LogP contribution in [0.3, 0.4) is 0 Å². The van der Waals surface area contributed by atoms with Crippen molar-refractivity contribution in [2.45, 2.75) is 106 Å². The number of hydrogen-bond donors (Lipinski definition) is 3. The van der Waals surface area contributed by atoms with Gasteiger partial charge in [-0.05, 0) is 131 Å². The van der Waals surface area contributed by atoms with Crippen LogP contribution in [-0.2, 0) is 20.4 Å². The van der Waals surface area contributed by atoms with Gasteiger partial charge >= 0.3 is 5.97 Å². The van der Waals surface area contributed by atoms with Gasteiger partial charge in [0.15, 0.2) is 0 Å². The molecule has 0 aromatic heterocycles. The summed E-state index contributed by atoms with van der Waals surface area (Å²) in [5, 5.41) is 11.3. The van der Waals surface area contributed by atoms with Gasteiger partial charge in [0.2, 0.25) is 5.91 Å². The first kappa shape index (κ1) is 42.9. The summed E-state index contributed by atoms with van der Waals surface area (Å²) in [5.74, 6) is 1.09. The molecule has 45 heavy (non-hydrogen) atoms. The Bertz CT molecular complexity index is 1210. The van der Waals surface area contributed by atoms with Gasteiger partial charge in [-0.25, -0.2) is 0 Å². The van der Waals surface area contributed by atoms with Crippen molar-refractivity contribution in [3.63, 3.8) is 0 Å². The highest BCUT2D eigenvalue weighted by atomic mass is 79.9. The van der Waals surface area contributed by atoms with E-state index in [9.17, 15) is 9.59 Å². The number of carbonyl (C=O) groups excluding carboxylic acids is 1. The number of hydrogen-bond acceptors (Lipinski definition) is 5. The number of amides is 1. The zero-order valence-corrected chi connectivity index (χ0v) is 32.8. The minimum absolute atomic E-state index is 0.0421. The van der Waals surface area contributed by atoms with E-state index in [0.717, 1.165) is 52.7 Å². The Labute approximate surface area is 289 Å². The van der Waals surface area contributed by atoms with E-state index < -0.39 is 11.4 Å². The van der Waals surface area contributed by atoms with E-state index in [1.54, 1.807) is 35.0 Å². The quantitative estimate of drug-likeness (QED) is 0.197. The third-order valence-electron chi connectivity index (χ3n) is 7.46. The van der Waals surface area contributed by atoms with Crippen LogP contribution < -0.4 is 20.5 Å². The average molecular weight is 759 g/mol. The van der Waals surface area contributed by atoms with Crippen molar-refractivity contribution in [3.8, 4) is 11.5 Å². The number of nitrogens with two attached hydrogens (primary N) is 1. The smallest absolute Gasteiger partial charge is 0.308 e. The van der Waals surface area contributed by atoms with Crippen molar-refractivity contribution in [1.82, 2.24) is 5.32 Å². The summed E-state index contributed by atoms with van der Waals surface area (Å²) in [6.07, 6.45) is 4.09. The maximum Gasteiger partial charge on any atom is 0.308 e. The molecule has 4 N–H and O–H groups in total. The predicted octanol–water partition coefficient (Wildman–Crippen LogP) is 9.27. The first-order valence-corrected chi connectivity index (χ1v) is 17.0. The largest absolute Gasteiger partial charge is 0.496 e. The van der Waals surface area contributed by atoms with Crippen LogP contribution >= 0.6 is 31.9 Å². The molecule has 0 radical (unpaired) electrons. The zero-order chi connectivity index (χ0) is 35.2. The normalized spacial score (nSPS) is 11.8. The van der Waals surface area contributed by atoms with E-state index in [0.29, 0.717) is 6.54 Å². The topological polar surface area (TPSA) is 111 Å². The maximum atomic E-state index is 11.8. The van der Waals surface area contributed by atoms with Gasteiger partial charge in [-0.2, -0.15) is 0 Å². The Morgan fingerprint density at radius 3 is 1.42 bits per heavy atom. The summed E-state index contributed by atoms with van der Waals surface area (Å²) in [4.78, 5) is 21.9. The van der Waals surface area contributed by atoms with E-state index in [4.69, 9.17) is 20.3 Å². The fourth-order valence-electron chi connectivity index (χ4n) is 3.99. The second-order valence-corrected chi connectivity index (χ2v) is 16.2. The molecule has 0 saturated heterocycles. The molecule has 0 fully saturated rings. The summed E-state index contributed by atoms with van der Waals surface area (Å²) in [6, 6.07) is 12.5.